The molecule has 1 atom stereocenters. The van der Waals surface area contributed by atoms with Crippen molar-refractivity contribution in [3.05, 3.63) is 28.4 Å². The highest BCUT2D eigenvalue weighted by Gasteiger charge is 2.27. The molecule has 17 heavy (non-hydrogen) atoms. The Morgan fingerprint density at radius 2 is 2.24 bits per heavy atom. The molecule has 0 radical (unpaired) electrons. The normalized spacial score (nSPS) is 19.1. The Morgan fingerprint density at radius 1 is 1.47 bits per heavy atom. The summed E-state index contributed by atoms with van der Waals surface area (Å²) in [6.45, 7) is 2.64. The maximum absolute atomic E-state index is 11.3. The van der Waals surface area contributed by atoms with E-state index >= 15 is 0 Å². The summed E-state index contributed by atoms with van der Waals surface area (Å²) in [5.74, 6) is 1.18. The van der Waals surface area contributed by atoms with Crippen molar-refractivity contribution in [2.45, 2.75) is 45.1 Å². The van der Waals surface area contributed by atoms with E-state index in [1.54, 1.807) is 6.20 Å². The quantitative estimate of drug-likeness (QED) is 0.873. The van der Waals surface area contributed by atoms with Crippen LogP contribution in [0.3, 0.4) is 0 Å². The van der Waals surface area contributed by atoms with E-state index in [2.05, 4.69) is 9.97 Å². The fraction of sp³-hybridized carbons (Fsp3) is 0.692. The highest BCUT2D eigenvalue weighted by atomic mass is 16.5. The minimum absolute atomic E-state index is 0.0470. The third-order valence-electron chi connectivity index (χ3n) is 3.38. The van der Waals surface area contributed by atoms with Crippen LogP contribution in [0, 0.1) is 5.92 Å². The zero-order valence-electron chi connectivity index (χ0n) is 10.3. The van der Waals surface area contributed by atoms with Crippen molar-refractivity contribution in [3.63, 3.8) is 0 Å². The van der Waals surface area contributed by atoms with E-state index in [9.17, 15) is 4.79 Å². The van der Waals surface area contributed by atoms with E-state index in [4.69, 9.17) is 4.74 Å². The first kappa shape index (κ1) is 12.3. The van der Waals surface area contributed by atoms with Gasteiger partial charge in [-0.3, -0.25) is 4.79 Å². The molecule has 1 aliphatic rings. The van der Waals surface area contributed by atoms with Crippen LogP contribution in [0.1, 0.15) is 51.0 Å². The van der Waals surface area contributed by atoms with Crippen molar-refractivity contribution >= 4 is 0 Å². The second kappa shape index (κ2) is 5.96. The van der Waals surface area contributed by atoms with Crippen LogP contribution >= 0.6 is 0 Å². The van der Waals surface area contributed by atoms with Crippen LogP contribution < -0.4 is 5.56 Å². The van der Waals surface area contributed by atoms with Gasteiger partial charge >= 0.3 is 0 Å². The summed E-state index contributed by atoms with van der Waals surface area (Å²) in [4.78, 5) is 18.4. The lowest BCUT2D eigenvalue weighted by Gasteiger charge is -2.29. The number of hydrogen-bond acceptors (Lipinski definition) is 3. The van der Waals surface area contributed by atoms with Gasteiger partial charge in [-0.05, 0) is 25.7 Å². The van der Waals surface area contributed by atoms with Crippen molar-refractivity contribution in [3.8, 4) is 0 Å². The van der Waals surface area contributed by atoms with E-state index in [1.807, 2.05) is 6.92 Å². The number of ether oxygens (including phenoxy) is 1. The lowest BCUT2D eigenvalue weighted by Crippen LogP contribution is -2.23. The Labute approximate surface area is 101 Å². The maximum Gasteiger partial charge on any atom is 0.250 e. The van der Waals surface area contributed by atoms with E-state index < -0.39 is 0 Å². The topological polar surface area (TPSA) is 55.0 Å². The molecule has 1 N–H and O–H groups in total. The van der Waals surface area contributed by atoms with Crippen LogP contribution in [0.15, 0.2) is 17.1 Å². The molecule has 4 nitrogen and oxygen atoms in total. The summed E-state index contributed by atoms with van der Waals surface area (Å²) < 4.78 is 5.79. The first-order chi connectivity index (χ1) is 8.31. The summed E-state index contributed by atoms with van der Waals surface area (Å²) in [5.41, 5.74) is -0.101. The molecular formula is C13H20N2O2. The molecule has 1 aromatic rings. The van der Waals surface area contributed by atoms with Crippen LogP contribution in [0.4, 0.5) is 0 Å². The fourth-order valence-corrected chi connectivity index (χ4v) is 2.58. The van der Waals surface area contributed by atoms with Crippen molar-refractivity contribution in [2.24, 2.45) is 5.92 Å². The van der Waals surface area contributed by atoms with Gasteiger partial charge in [0.15, 0.2) is 0 Å². The smallest absolute Gasteiger partial charge is 0.250 e. The Morgan fingerprint density at radius 3 is 2.88 bits per heavy atom. The van der Waals surface area contributed by atoms with Gasteiger partial charge in [0.25, 0.3) is 5.56 Å². The molecule has 94 valence electrons. The average molecular weight is 236 g/mol. The largest absolute Gasteiger partial charge is 0.370 e. The molecule has 0 amide bonds. The van der Waals surface area contributed by atoms with Gasteiger partial charge in [0.1, 0.15) is 11.9 Å². The second-order valence-corrected chi connectivity index (χ2v) is 4.59. The monoisotopic (exact) mass is 236 g/mol. The predicted octanol–water partition coefficient (Wildman–Crippen LogP) is 2.43. The predicted molar refractivity (Wildman–Crippen MR) is 65.8 cm³/mol. The molecule has 1 fully saturated rings. The molecule has 1 aromatic heterocycles. The number of aromatic amines is 1. The van der Waals surface area contributed by atoms with Crippen LogP contribution in [-0.4, -0.2) is 16.6 Å². The van der Waals surface area contributed by atoms with E-state index in [-0.39, 0.29) is 11.7 Å². The van der Waals surface area contributed by atoms with Crippen molar-refractivity contribution in [1.29, 1.82) is 0 Å². The first-order valence-corrected chi connectivity index (χ1v) is 6.48. The molecule has 1 saturated carbocycles. The van der Waals surface area contributed by atoms with Gasteiger partial charge in [-0.25, -0.2) is 4.98 Å². The van der Waals surface area contributed by atoms with Gasteiger partial charge in [-0.2, -0.15) is 0 Å². The van der Waals surface area contributed by atoms with E-state index in [0.717, 1.165) is 0 Å². The third-order valence-corrected chi connectivity index (χ3v) is 3.38. The molecule has 0 bridgehead atoms. The molecule has 4 heteroatoms. The first-order valence-electron chi connectivity index (χ1n) is 6.48. The SMILES string of the molecule is CCOC(c1nccc(=O)[nH]1)C1CCCCC1. The van der Waals surface area contributed by atoms with Crippen LogP contribution in [0.2, 0.25) is 0 Å². The molecule has 0 aromatic carbocycles. The van der Waals surface area contributed by atoms with Crippen molar-refractivity contribution in [2.75, 3.05) is 6.61 Å². The minimum Gasteiger partial charge on any atom is -0.370 e. The Balaban J connectivity index is 2.18. The van der Waals surface area contributed by atoms with Gasteiger partial charge in [0.2, 0.25) is 0 Å². The zero-order valence-corrected chi connectivity index (χ0v) is 10.3. The van der Waals surface area contributed by atoms with Gasteiger partial charge in [-0.15, -0.1) is 0 Å². The highest BCUT2D eigenvalue weighted by Crippen LogP contribution is 2.35. The summed E-state index contributed by atoms with van der Waals surface area (Å²) in [6.07, 6.45) is 7.68. The minimum atomic E-state index is -0.101. The molecule has 0 spiro atoms. The van der Waals surface area contributed by atoms with Crippen LogP contribution in [0.5, 0.6) is 0 Å². The van der Waals surface area contributed by atoms with Gasteiger partial charge in [0, 0.05) is 18.9 Å². The number of rotatable bonds is 4. The van der Waals surface area contributed by atoms with Gasteiger partial charge in [0.05, 0.1) is 0 Å². The summed E-state index contributed by atoms with van der Waals surface area (Å²) in [7, 11) is 0. The summed E-state index contributed by atoms with van der Waals surface area (Å²) in [6, 6.07) is 1.44. The number of H-pyrrole nitrogens is 1. The summed E-state index contributed by atoms with van der Waals surface area (Å²) >= 11 is 0. The van der Waals surface area contributed by atoms with Crippen LogP contribution in [-0.2, 0) is 4.74 Å². The molecule has 1 unspecified atom stereocenters. The standard InChI is InChI=1S/C13H20N2O2/c1-2-17-12(10-6-4-3-5-7-10)13-14-9-8-11(16)15-13/h8-10,12H,2-7H2,1H3,(H,14,15,16). The highest BCUT2D eigenvalue weighted by molar-refractivity contribution is 4.96. The Bertz CT molecular complexity index is 396. The van der Waals surface area contributed by atoms with Crippen molar-refractivity contribution in [1.82, 2.24) is 9.97 Å². The fourth-order valence-electron chi connectivity index (χ4n) is 2.58. The average Bonchev–Trinajstić information content (AvgIpc) is 2.37. The Hall–Kier alpha value is -1.16. The summed E-state index contributed by atoms with van der Waals surface area (Å²) in [5, 5.41) is 0. The second-order valence-electron chi connectivity index (χ2n) is 4.59. The van der Waals surface area contributed by atoms with Crippen molar-refractivity contribution < 1.29 is 4.74 Å². The number of aromatic nitrogens is 2. The van der Waals surface area contributed by atoms with Gasteiger partial charge < -0.3 is 9.72 Å². The lowest BCUT2D eigenvalue weighted by atomic mass is 9.85. The number of nitrogens with zero attached hydrogens (tertiary/aromatic N) is 1. The molecule has 0 aliphatic heterocycles. The number of nitrogens with one attached hydrogen (secondary N) is 1. The van der Waals surface area contributed by atoms with Gasteiger partial charge in [-0.1, -0.05) is 19.3 Å². The molecule has 0 saturated heterocycles. The zero-order chi connectivity index (χ0) is 12.1. The lowest BCUT2D eigenvalue weighted by molar-refractivity contribution is -0.000343. The van der Waals surface area contributed by atoms with Crippen LogP contribution in [0.25, 0.3) is 0 Å². The van der Waals surface area contributed by atoms with E-state index in [0.29, 0.717) is 18.3 Å². The molecule has 1 heterocycles. The third kappa shape index (κ3) is 3.16. The number of hydrogen-bond donors (Lipinski definition) is 1. The molecule has 2 rings (SSSR count). The Kier molecular flexibility index (Phi) is 4.31. The maximum atomic E-state index is 11.3. The van der Waals surface area contributed by atoms with E-state index in [1.165, 1.54) is 38.2 Å². The molecular weight excluding hydrogens is 216 g/mol. The molecule has 1 aliphatic carbocycles.